The number of H-pyrrole nitrogens is 1. The fourth-order valence-electron chi connectivity index (χ4n) is 1.79. The maximum absolute atomic E-state index is 12.0. The topological polar surface area (TPSA) is 61.9 Å². The SMILES string of the molecule is Cc1nc(CN(C)C(=O)C2CCSC2)n[nH]1. The molecule has 1 aliphatic heterocycles. The number of thioether (sulfide) groups is 1. The summed E-state index contributed by atoms with van der Waals surface area (Å²) in [6, 6.07) is 0. The number of aryl methyl sites for hydroxylation is 1. The van der Waals surface area contributed by atoms with Gasteiger partial charge in [-0.15, -0.1) is 0 Å². The van der Waals surface area contributed by atoms with Crippen LogP contribution in [0, 0.1) is 12.8 Å². The summed E-state index contributed by atoms with van der Waals surface area (Å²) in [7, 11) is 1.82. The molecular weight excluding hydrogens is 224 g/mol. The third kappa shape index (κ3) is 2.55. The van der Waals surface area contributed by atoms with E-state index in [0.29, 0.717) is 12.4 Å². The van der Waals surface area contributed by atoms with Gasteiger partial charge in [0.05, 0.1) is 6.54 Å². The fraction of sp³-hybridized carbons (Fsp3) is 0.700. The minimum absolute atomic E-state index is 0.190. The van der Waals surface area contributed by atoms with Gasteiger partial charge < -0.3 is 4.90 Å². The molecule has 2 rings (SSSR count). The zero-order valence-corrected chi connectivity index (χ0v) is 10.4. The molecule has 1 unspecified atom stereocenters. The van der Waals surface area contributed by atoms with E-state index in [4.69, 9.17) is 0 Å². The molecule has 0 saturated carbocycles. The number of carbonyl (C=O) groups excluding carboxylic acids is 1. The molecule has 0 radical (unpaired) electrons. The van der Waals surface area contributed by atoms with Crippen LogP contribution in [0.5, 0.6) is 0 Å². The summed E-state index contributed by atoms with van der Waals surface area (Å²) in [6.07, 6.45) is 1.00. The van der Waals surface area contributed by atoms with E-state index in [-0.39, 0.29) is 11.8 Å². The maximum Gasteiger partial charge on any atom is 0.226 e. The van der Waals surface area contributed by atoms with E-state index >= 15 is 0 Å². The zero-order valence-electron chi connectivity index (χ0n) is 9.56. The Balaban J connectivity index is 1.91. The van der Waals surface area contributed by atoms with Crippen molar-refractivity contribution >= 4 is 17.7 Å². The average Bonchev–Trinajstić information content (AvgIpc) is 2.88. The number of aromatic nitrogens is 3. The lowest BCUT2D eigenvalue weighted by atomic mass is 10.1. The summed E-state index contributed by atoms with van der Waals surface area (Å²) in [5, 5.41) is 6.81. The van der Waals surface area contributed by atoms with Crippen molar-refractivity contribution in [1.29, 1.82) is 0 Å². The summed E-state index contributed by atoms with van der Waals surface area (Å²) in [6.45, 7) is 2.34. The second kappa shape index (κ2) is 4.86. The molecule has 5 nitrogen and oxygen atoms in total. The molecule has 1 fully saturated rings. The summed E-state index contributed by atoms with van der Waals surface area (Å²) < 4.78 is 0. The molecule has 1 amide bonds. The molecule has 1 saturated heterocycles. The highest BCUT2D eigenvalue weighted by Gasteiger charge is 2.26. The van der Waals surface area contributed by atoms with Crippen LogP contribution in [-0.4, -0.2) is 44.5 Å². The first-order valence-corrected chi connectivity index (χ1v) is 6.53. The van der Waals surface area contributed by atoms with E-state index in [1.54, 1.807) is 4.90 Å². The fourth-order valence-corrected chi connectivity index (χ4v) is 3.00. The van der Waals surface area contributed by atoms with Crippen LogP contribution >= 0.6 is 11.8 Å². The van der Waals surface area contributed by atoms with Crippen LogP contribution in [0.15, 0.2) is 0 Å². The van der Waals surface area contributed by atoms with Gasteiger partial charge in [-0.25, -0.2) is 4.98 Å². The molecule has 16 heavy (non-hydrogen) atoms. The van der Waals surface area contributed by atoms with Gasteiger partial charge in [-0.05, 0) is 19.1 Å². The van der Waals surface area contributed by atoms with Crippen molar-refractivity contribution in [2.75, 3.05) is 18.6 Å². The van der Waals surface area contributed by atoms with Crippen molar-refractivity contribution in [1.82, 2.24) is 20.1 Å². The summed E-state index contributed by atoms with van der Waals surface area (Å²) in [4.78, 5) is 17.9. The van der Waals surface area contributed by atoms with Crippen LogP contribution < -0.4 is 0 Å². The second-order valence-corrected chi connectivity index (χ2v) is 5.24. The molecule has 2 heterocycles. The number of aromatic amines is 1. The van der Waals surface area contributed by atoms with E-state index in [9.17, 15) is 4.79 Å². The predicted molar refractivity (Wildman–Crippen MR) is 63.0 cm³/mol. The zero-order chi connectivity index (χ0) is 11.5. The Bertz CT molecular complexity index is 373. The summed E-state index contributed by atoms with van der Waals surface area (Å²) in [5.41, 5.74) is 0. The normalized spacial score (nSPS) is 20.0. The van der Waals surface area contributed by atoms with Crippen LogP contribution in [0.1, 0.15) is 18.1 Å². The minimum atomic E-state index is 0.190. The number of amides is 1. The highest BCUT2D eigenvalue weighted by Crippen LogP contribution is 2.25. The third-order valence-electron chi connectivity index (χ3n) is 2.68. The number of nitrogens with zero attached hydrogens (tertiary/aromatic N) is 3. The number of carbonyl (C=O) groups is 1. The first kappa shape index (κ1) is 11.4. The monoisotopic (exact) mass is 240 g/mol. The Kier molecular flexibility index (Phi) is 3.48. The van der Waals surface area contributed by atoms with Gasteiger partial charge >= 0.3 is 0 Å². The van der Waals surface area contributed by atoms with E-state index in [1.807, 2.05) is 25.7 Å². The molecule has 1 aliphatic rings. The van der Waals surface area contributed by atoms with Crippen LogP contribution in [0.4, 0.5) is 0 Å². The maximum atomic E-state index is 12.0. The molecule has 0 aromatic carbocycles. The smallest absolute Gasteiger partial charge is 0.226 e. The molecule has 1 N–H and O–H groups in total. The molecule has 0 bridgehead atoms. The molecule has 6 heteroatoms. The second-order valence-electron chi connectivity index (χ2n) is 4.09. The van der Waals surface area contributed by atoms with E-state index in [2.05, 4.69) is 15.2 Å². The van der Waals surface area contributed by atoms with Gasteiger partial charge in [0, 0.05) is 18.7 Å². The van der Waals surface area contributed by atoms with Gasteiger partial charge in [-0.2, -0.15) is 16.9 Å². The van der Waals surface area contributed by atoms with Crippen LogP contribution in [0.3, 0.4) is 0 Å². The van der Waals surface area contributed by atoms with E-state index < -0.39 is 0 Å². The van der Waals surface area contributed by atoms with Gasteiger partial charge in [0.2, 0.25) is 5.91 Å². The highest BCUT2D eigenvalue weighted by atomic mass is 32.2. The quantitative estimate of drug-likeness (QED) is 0.850. The number of hydrogen-bond acceptors (Lipinski definition) is 4. The van der Waals surface area contributed by atoms with Crippen molar-refractivity contribution < 1.29 is 4.79 Å². The number of nitrogens with one attached hydrogen (secondary N) is 1. The number of rotatable bonds is 3. The highest BCUT2D eigenvalue weighted by molar-refractivity contribution is 7.99. The lowest BCUT2D eigenvalue weighted by molar-refractivity contribution is -0.134. The van der Waals surface area contributed by atoms with Crippen molar-refractivity contribution in [3.63, 3.8) is 0 Å². The average molecular weight is 240 g/mol. The van der Waals surface area contributed by atoms with Crippen molar-refractivity contribution in [2.45, 2.75) is 19.9 Å². The molecule has 1 atom stereocenters. The van der Waals surface area contributed by atoms with Gasteiger partial charge in [-0.1, -0.05) is 0 Å². The largest absolute Gasteiger partial charge is 0.338 e. The number of hydrogen-bond donors (Lipinski definition) is 1. The Labute approximate surface area is 99.0 Å². The molecule has 88 valence electrons. The predicted octanol–water partition coefficient (Wildman–Crippen LogP) is 0.825. The van der Waals surface area contributed by atoms with Crippen molar-refractivity contribution in [3.8, 4) is 0 Å². The third-order valence-corrected chi connectivity index (χ3v) is 3.84. The Morgan fingerprint density at radius 2 is 2.50 bits per heavy atom. The first-order chi connectivity index (χ1) is 7.66. The molecule has 0 aliphatic carbocycles. The van der Waals surface area contributed by atoms with Crippen molar-refractivity contribution in [3.05, 3.63) is 11.6 Å². The van der Waals surface area contributed by atoms with Gasteiger partial charge in [0.1, 0.15) is 5.82 Å². The summed E-state index contributed by atoms with van der Waals surface area (Å²) >= 11 is 1.85. The lowest BCUT2D eigenvalue weighted by Gasteiger charge is -2.18. The van der Waals surface area contributed by atoms with Crippen LogP contribution in [-0.2, 0) is 11.3 Å². The van der Waals surface area contributed by atoms with Gasteiger partial charge in [0.15, 0.2) is 5.82 Å². The molecule has 1 aromatic rings. The summed E-state index contributed by atoms with van der Waals surface area (Å²) in [5.74, 6) is 3.92. The van der Waals surface area contributed by atoms with Crippen LogP contribution in [0.2, 0.25) is 0 Å². The first-order valence-electron chi connectivity index (χ1n) is 5.37. The van der Waals surface area contributed by atoms with Crippen molar-refractivity contribution in [2.24, 2.45) is 5.92 Å². The molecule has 0 spiro atoms. The van der Waals surface area contributed by atoms with Crippen LogP contribution in [0.25, 0.3) is 0 Å². The molecule has 1 aromatic heterocycles. The van der Waals surface area contributed by atoms with E-state index in [0.717, 1.165) is 23.8 Å². The Morgan fingerprint density at radius 3 is 3.06 bits per heavy atom. The Morgan fingerprint density at radius 1 is 1.69 bits per heavy atom. The standard InChI is InChI=1S/C10H16N4OS/c1-7-11-9(13-12-7)5-14(2)10(15)8-3-4-16-6-8/h8H,3-6H2,1-2H3,(H,11,12,13). The van der Waals surface area contributed by atoms with Gasteiger partial charge in [0.25, 0.3) is 0 Å². The Hall–Kier alpha value is -1.04. The van der Waals surface area contributed by atoms with Gasteiger partial charge in [-0.3, -0.25) is 9.89 Å². The molecular formula is C10H16N4OS. The minimum Gasteiger partial charge on any atom is -0.338 e. The van der Waals surface area contributed by atoms with E-state index in [1.165, 1.54) is 0 Å². The lowest BCUT2D eigenvalue weighted by Crippen LogP contribution is -2.32.